The highest BCUT2D eigenvalue weighted by molar-refractivity contribution is 7.22. The lowest BCUT2D eigenvalue weighted by molar-refractivity contribution is 0.0986. The number of hydrogen-bond donors (Lipinski definition) is 1. The summed E-state index contributed by atoms with van der Waals surface area (Å²) in [7, 11) is 0. The normalized spacial score (nSPS) is 11.3. The Morgan fingerprint density at radius 2 is 1.87 bits per heavy atom. The van der Waals surface area contributed by atoms with Crippen LogP contribution in [0.1, 0.15) is 21.5 Å². The predicted octanol–water partition coefficient (Wildman–Crippen LogP) is 6.59. The number of carbonyl (C=O) groups is 1. The molecule has 0 aliphatic carbocycles. The molecule has 2 heterocycles. The Labute approximate surface area is 182 Å². The highest BCUT2D eigenvalue weighted by Crippen LogP contribution is 2.35. The van der Waals surface area contributed by atoms with E-state index >= 15 is 0 Å². The Hall–Kier alpha value is -3.15. The molecule has 4 nitrogen and oxygen atoms in total. The number of carbonyl (C=O) groups excluding carboxylic acids is 1. The number of fused-ring (bicyclic) bond motifs is 2. The summed E-state index contributed by atoms with van der Waals surface area (Å²) in [5.74, 6) is -0.0842. The second-order valence-electron chi connectivity index (χ2n) is 7.19. The first-order valence-corrected chi connectivity index (χ1v) is 10.8. The molecule has 0 fully saturated rings. The maximum Gasteiger partial charge on any atom is 0.262 e. The number of thiazole rings is 1. The first-order chi connectivity index (χ1) is 14.6. The van der Waals surface area contributed by atoms with Gasteiger partial charge in [0.05, 0.1) is 22.3 Å². The molecule has 0 atom stereocenters. The van der Waals surface area contributed by atoms with Crippen LogP contribution in [-0.4, -0.2) is 15.9 Å². The standard InChI is InChI=1S/C24H18ClN3OS/c1-15-11-17(25)12-21-22(15)27-24(30-21)28(14-16-7-3-2-4-8-16)23(29)19-13-26-20-10-6-5-9-18(19)20/h2-13,26H,14H2,1H3. The van der Waals surface area contributed by atoms with Crippen molar-refractivity contribution in [1.29, 1.82) is 0 Å². The monoisotopic (exact) mass is 431 g/mol. The van der Waals surface area contributed by atoms with Crippen LogP contribution >= 0.6 is 22.9 Å². The summed E-state index contributed by atoms with van der Waals surface area (Å²) in [5.41, 5.74) is 4.49. The number of nitrogens with one attached hydrogen (secondary N) is 1. The SMILES string of the molecule is Cc1cc(Cl)cc2sc(N(Cc3ccccc3)C(=O)c3c[nH]c4ccccc34)nc12. The van der Waals surface area contributed by atoms with Crippen LogP contribution in [0.5, 0.6) is 0 Å². The molecule has 0 aliphatic rings. The van der Waals surface area contributed by atoms with Crippen LogP contribution < -0.4 is 4.90 Å². The van der Waals surface area contributed by atoms with E-state index in [0.29, 0.717) is 22.3 Å². The van der Waals surface area contributed by atoms with Crippen molar-refractivity contribution in [3.8, 4) is 0 Å². The van der Waals surface area contributed by atoms with Gasteiger partial charge in [0.2, 0.25) is 0 Å². The summed E-state index contributed by atoms with van der Waals surface area (Å²) in [4.78, 5) is 23.5. The van der Waals surface area contributed by atoms with Crippen molar-refractivity contribution in [2.24, 2.45) is 0 Å². The maximum atomic E-state index is 13.7. The number of hydrogen-bond acceptors (Lipinski definition) is 3. The van der Waals surface area contributed by atoms with Gasteiger partial charge in [0.25, 0.3) is 5.91 Å². The third-order valence-corrected chi connectivity index (χ3v) is 6.36. The molecule has 5 aromatic rings. The summed E-state index contributed by atoms with van der Waals surface area (Å²) in [6, 6.07) is 21.6. The number of amides is 1. The Morgan fingerprint density at radius 3 is 2.70 bits per heavy atom. The average molecular weight is 432 g/mol. The molecule has 2 aromatic heterocycles. The fourth-order valence-corrected chi connectivity index (χ4v) is 5.06. The van der Waals surface area contributed by atoms with Gasteiger partial charge >= 0.3 is 0 Å². The van der Waals surface area contributed by atoms with Crippen LogP contribution in [0.4, 0.5) is 5.13 Å². The van der Waals surface area contributed by atoms with Crippen LogP contribution in [-0.2, 0) is 6.54 Å². The van der Waals surface area contributed by atoms with Gasteiger partial charge in [-0.25, -0.2) is 4.98 Å². The van der Waals surface area contributed by atoms with E-state index in [1.165, 1.54) is 11.3 Å². The van der Waals surface area contributed by atoms with Crippen LogP contribution in [0.25, 0.3) is 21.1 Å². The number of rotatable bonds is 4. The van der Waals surface area contributed by atoms with Gasteiger partial charge in [0, 0.05) is 22.1 Å². The smallest absolute Gasteiger partial charge is 0.262 e. The highest BCUT2D eigenvalue weighted by Gasteiger charge is 2.24. The van der Waals surface area contributed by atoms with Crippen LogP contribution in [0.2, 0.25) is 5.02 Å². The Morgan fingerprint density at radius 1 is 1.10 bits per heavy atom. The van der Waals surface area contributed by atoms with E-state index in [-0.39, 0.29) is 5.91 Å². The molecular weight excluding hydrogens is 414 g/mol. The number of aromatic nitrogens is 2. The van der Waals surface area contributed by atoms with E-state index in [9.17, 15) is 4.79 Å². The summed E-state index contributed by atoms with van der Waals surface area (Å²) >= 11 is 7.73. The number of aryl methyl sites for hydroxylation is 1. The molecule has 0 saturated heterocycles. The second kappa shape index (κ2) is 7.59. The van der Waals surface area contributed by atoms with Gasteiger partial charge < -0.3 is 4.98 Å². The van der Waals surface area contributed by atoms with Gasteiger partial charge in [-0.1, -0.05) is 71.5 Å². The summed E-state index contributed by atoms with van der Waals surface area (Å²) in [6.07, 6.45) is 1.78. The fourth-order valence-electron chi connectivity index (χ4n) is 3.64. The molecule has 30 heavy (non-hydrogen) atoms. The topological polar surface area (TPSA) is 49.0 Å². The number of halogens is 1. The molecule has 1 N–H and O–H groups in total. The van der Waals surface area contributed by atoms with E-state index in [0.717, 1.165) is 32.2 Å². The largest absolute Gasteiger partial charge is 0.360 e. The van der Waals surface area contributed by atoms with Gasteiger partial charge in [-0.05, 0) is 36.2 Å². The lowest BCUT2D eigenvalue weighted by atomic mass is 10.1. The van der Waals surface area contributed by atoms with E-state index in [1.807, 2.05) is 73.7 Å². The first kappa shape index (κ1) is 18.9. The zero-order valence-electron chi connectivity index (χ0n) is 16.2. The van der Waals surface area contributed by atoms with E-state index in [2.05, 4.69) is 4.98 Å². The van der Waals surface area contributed by atoms with Gasteiger partial charge in [-0.3, -0.25) is 9.69 Å². The maximum absolute atomic E-state index is 13.7. The quantitative estimate of drug-likeness (QED) is 0.349. The average Bonchev–Trinajstić information content (AvgIpc) is 3.37. The molecule has 0 radical (unpaired) electrons. The molecule has 0 aliphatic heterocycles. The zero-order chi connectivity index (χ0) is 20.7. The third-order valence-electron chi connectivity index (χ3n) is 5.12. The fraction of sp³-hybridized carbons (Fsp3) is 0.0833. The number of para-hydroxylation sites is 1. The van der Waals surface area contributed by atoms with Crippen molar-refractivity contribution < 1.29 is 4.79 Å². The number of anilines is 1. The van der Waals surface area contributed by atoms with Crippen LogP contribution in [0.15, 0.2) is 72.9 Å². The first-order valence-electron chi connectivity index (χ1n) is 9.59. The number of H-pyrrole nitrogens is 1. The van der Waals surface area contributed by atoms with E-state index in [4.69, 9.17) is 16.6 Å². The minimum atomic E-state index is -0.0842. The predicted molar refractivity (Wildman–Crippen MR) is 125 cm³/mol. The summed E-state index contributed by atoms with van der Waals surface area (Å²) in [6.45, 7) is 2.42. The van der Waals surface area contributed by atoms with Crippen molar-refractivity contribution >= 4 is 55.1 Å². The van der Waals surface area contributed by atoms with Crippen LogP contribution in [0.3, 0.4) is 0 Å². The van der Waals surface area contributed by atoms with Crippen molar-refractivity contribution in [1.82, 2.24) is 9.97 Å². The molecule has 6 heteroatoms. The number of nitrogens with zero attached hydrogens (tertiary/aromatic N) is 2. The molecular formula is C24H18ClN3OS. The Balaban J connectivity index is 1.63. The van der Waals surface area contributed by atoms with Crippen molar-refractivity contribution in [3.63, 3.8) is 0 Å². The lowest BCUT2D eigenvalue weighted by Gasteiger charge is -2.20. The third kappa shape index (κ3) is 3.36. The molecule has 148 valence electrons. The Bertz CT molecular complexity index is 1370. The Kier molecular flexibility index (Phi) is 4.77. The van der Waals surface area contributed by atoms with Gasteiger partial charge in [0.15, 0.2) is 5.13 Å². The number of benzene rings is 3. The van der Waals surface area contributed by atoms with E-state index < -0.39 is 0 Å². The molecule has 0 unspecified atom stereocenters. The van der Waals surface area contributed by atoms with Gasteiger partial charge in [0.1, 0.15) is 0 Å². The molecule has 1 amide bonds. The molecule has 3 aromatic carbocycles. The molecule has 0 bridgehead atoms. The van der Waals surface area contributed by atoms with Gasteiger partial charge in [-0.15, -0.1) is 0 Å². The minimum absolute atomic E-state index is 0.0842. The molecule has 0 saturated carbocycles. The minimum Gasteiger partial charge on any atom is -0.360 e. The van der Waals surface area contributed by atoms with Crippen molar-refractivity contribution in [3.05, 3.63) is 94.6 Å². The summed E-state index contributed by atoms with van der Waals surface area (Å²) < 4.78 is 0.972. The highest BCUT2D eigenvalue weighted by atomic mass is 35.5. The zero-order valence-corrected chi connectivity index (χ0v) is 17.8. The molecule has 5 rings (SSSR count). The molecule has 0 spiro atoms. The summed E-state index contributed by atoms with van der Waals surface area (Å²) in [5, 5.41) is 2.24. The van der Waals surface area contributed by atoms with E-state index in [1.54, 1.807) is 11.1 Å². The second-order valence-corrected chi connectivity index (χ2v) is 8.64. The van der Waals surface area contributed by atoms with Crippen molar-refractivity contribution in [2.45, 2.75) is 13.5 Å². The van der Waals surface area contributed by atoms with Crippen LogP contribution in [0, 0.1) is 6.92 Å². The lowest BCUT2D eigenvalue weighted by Crippen LogP contribution is -2.30. The van der Waals surface area contributed by atoms with Crippen molar-refractivity contribution in [2.75, 3.05) is 4.90 Å². The van der Waals surface area contributed by atoms with Gasteiger partial charge in [-0.2, -0.15) is 0 Å². The number of aromatic amines is 1.